The highest BCUT2D eigenvalue weighted by Crippen LogP contribution is 2.41. The zero-order chi connectivity index (χ0) is 56.5. The molecule has 2 heterocycles. The number of benzene rings is 5. The molecule has 0 aliphatic carbocycles. The molecule has 5 aromatic rings. The molecule has 0 radical (unpaired) electrons. The van der Waals surface area contributed by atoms with Gasteiger partial charge in [0.15, 0.2) is 23.0 Å². The molecule has 5 aromatic carbocycles. The Morgan fingerprint density at radius 2 is 0.974 bits per heavy atom. The molecule has 2 aliphatic rings. The number of nitrogens with zero attached hydrogens (tertiary/aromatic N) is 4. The van der Waals surface area contributed by atoms with Gasteiger partial charge in [0.25, 0.3) is 23.2 Å². The van der Waals surface area contributed by atoms with Gasteiger partial charge in [-0.3, -0.25) is 39.6 Å². The van der Waals surface area contributed by atoms with Gasteiger partial charge in [-0.2, -0.15) is 0 Å². The van der Waals surface area contributed by atoms with E-state index in [9.17, 15) is 39.4 Å². The smallest absolute Gasteiger partial charge is 0.329 e. The van der Waals surface area contributed by atoms with Crippen molar-refractivity contribution >= 4 is 57.9 Å². The van der Waals surface area contributed by atoms with Crippen molar-refractivity contribution in [1.29, 1.82) is 0 Å². The Morgan fingerprint density at radius 1 is 0.564 bits per heavy atom. The first-order chi connectivity index (χ1) is 37.7. The summed E-state index contributed by atoms with van der Waals surface area (Å²) in [6, 6.07) is 23.4. The Hall–Kier alpha value is -8.65. The van der Waals surface area contributed by atoms with Crippen LogP contribution in [0.5, 0.6) is 34.5 Å². The Balaban J connectivity index is 0.00000486. The average molecular weight is 1090 g/mol. The number of unbranched alkanes of at least 4 members (excludes halogenated alkanes) is 2. The van der Waals surface area contributed by atoms with Crippen LogP contribution in [0.4, 0.5) is 11.4 Å². The van der Waals surface area contributed by atoms with Crippen molar-refractivity contribution in [2.24, 2.45) is 0 Å². The van der Waals surface area contributed by atoms with E-state index in [1.807, 2.05) is 27.7 Å². The quantitative estimate of drug-likeness (QED) is 0.0242. The number of halogens is 1. The summed E-state index contributed by atoms with van der Waals surface area (Å²) >= 11 is 6.10. The predicted molar refractivity (Wildman–Crippen MR) is 289 cm³/mol. The summed E-state index contributed by atoms with van der Waals surface area (Å²) in [6.07, 6.45) is 4.43. The minimum atomic E-state index is -1.12. The highest BCUT2D eigenvalue weighted by Gasteiger charge is 2.41. The second kappa shape index (κ2) is 27.9. The second-order valence-corrected chi connectivity index (χ2v) is 17.6. The van der Waals surface area contributed by atoms with Crippen LogP contribution in [0.2, 0.25) is 5.02 Å². The zero-order valence-electron chi connectivity index (χ0n) is 44.3. The molecular weight excluding hydrogens is 1030 g/mol. The number of hydrogen-bond acceptors (Lipinski definition) is 16. The number of carbonyl (C=O) groups is 4. The van der Waals surface area contributed by atoms with Crippen molar-refractivity contribution in [2.75, 3.05) is 47.8 Å². The maximum absolute atomic E-state index is 14.4. The van der Waals surface area contributed by atoms with E-state index in [0.717, 1.165) is 21.9 Å². The molecule has 0 fully saturated rings. The van der Waals surface area contributed by atoms with E-state index in [1.165, 1.54) is 45.9 Å². The van der Waals surface area contributed by atoms with Crippen molar-refractivity contribution in [3.63, 3.8) is 0 Å². The first kappa shape index (κ1) is 58.6. The molecule has 1 unspecified atom stereocenters. The Bertz CT molecular complexity index is 3020. The number of esters is 2. The number of nitro benzene ring substituents is 2. The number of nitro groups is 2. The van der Waals surface area contributed by atoms with Gasteiger partial charge >= 0.3 is 11.9 Å². The van der Waals surface area contributed by atoms with Gasteiger partial charge in [0.2, 0.25) is 0 Å². The maximum atomic E-state index is 14.4. The molecular formula is C57H61ClN4O16. The van der Waals surface area contributed by atoms with Gasteiger partial charge in [-0.1, -0.05) is 61.8 Å². The summed E-state index contributed by atoms with van der Waals surface area (Å²) in [4.78, 5) is 80.6. The standard InChI is InChI=1S/C55H55ClN4O16.C2H6/c1-6-72-40-19-13-35(14-20-40)37-25-46(54(63)70-4)57(31-37)52(61)42-27-48(69-3)50(29-44(42)59(65)66)74-23-9-8-10-24-75-51-30-45(60(67)68)43(28-49(51)76-33-34-11-17-39(56)18-12-34)53(62)58-32-38(26-47(58)55(64)71-5)36-15-21-41(22-16-36)73-7-2;1-2/h11-22,27-32,46-47H,6-10,23-26,33H2,1-5H3;1-2H3/t46?,47-;/m0./s1. The first-order valence-corrected chi connectivity index (χ1v) is 25.6. The molecule has 0 saturated carbocycles. The molecule has 0 spiro atoms. The normalized spacial score (nSPS) is 14.5. The van der Waals surface area contributed by atoms with Gasteiger partial charge in [0.05, 0.1) is 69.7 Å². The van der Waals surface area contributed by atoms with Crippen molar-refractivity contribution in [2.45, 2.75) is 78.5 Å². The summed E-state index contributed by atoms with van der Waals surface area (Å²) in [5.74, 6) is -1.80. The molecule has 412 valence electrons. The molecule has 21 heteroatoms. The predicted octanol–water partition coefficient (Wildman–Crippen LogP) is 11.1. The van der Waals surface area contributed by atoms with Crippen LogP contribution in [0.1, 0.15) is 97.2 Å². The number of methoxy groups -OCH3 is 3. The average Bonchev–Trinajstić information content (AvgIpc) is 4.15. The SMILES string of the molecule is CC.CCOc1ccc(C2=CN(C(=O)c3cc(OC)c(OCCCCCOc4cc([N+](=O)[O-])c(C(=O)N5C=C(c6ccc(OCC)cc6)C[C@H]5C(=O)OC)cc4OCc4ccc(Cl)cc4)cc3[N+](=O)[O-])C(C(=O)OC)C2)cc1. The van der Waals surface area contributed by atoms with E-state index >= 15 is 0 Å². The van der Waals surface area contributed by atoms with Crippen molar-refractivity contribution < 1.29 is 66.9 Å². The Morgan fingerprint density at radius 3 is 1.37 bits per heavy atom. The fourth-order valence-corrected chi connectivity index (χ4v) is 8.68. The third-order valence-electron chi connectivity index (χ3n) is 12.4. The van der Waals surface area contributed by atoms with E-state index in [1.54, 1.807) is 72.8 Å². The summed E-state index contributed by atoms with van der Waals surface area (Å²) in [5.41, 5.74) is 1.49. The Kier molecular flexibility index (Phi) is 21.0. The van der Waals surface area contributed by atoms with Crippen molar-refractivity contribution in [3.8, 4) is 34.5 Å². The summed E-state index contributed by atoms with van der Waals surface area (Å²) in [7, 11) is 3.70. The molecule has 0 bridgehead atoms. The van der Waals surface area contributed by atoms with Crippen LogP contribution < -0.4 is 28.4 Å². The number of amides is 2. The lowest BCUT2D eigenvalue weighted by atomic mass is 10.0. The number of hydrogen-bond donors (Lipinski definition) is 0. The lowest BCUT2D eigenvalue weighted by Crippen LogP contribution is -2.39. The molecule has 2 aliphatic heterocycles. The van der Waals surface area contributed by atoms with Crippen LogP contribution in [0.15, 0.2) is 109 Å². The second-order valence-electron chi connectivity index (χ2n) is 17.2. The van der Waals surface area contributed by atoms with Gasteiger partial charge in [-0.15, -0.1) is 0 Å². The van der Waals surface area contributed by atoms with Crippen LogP contribution in [0, 0.1) is 20.2 Å². The molecule has 0 aromatic heterocycles. The van der Waals surface area contributed by atoms with Crippen molar-refractivity contribution in [3.05, 3.63) is 163 Å². The summed E-state index contributed by atoms with van der Waals surface area (Å²) in [5, 5.41) is 25.6. The summed E-state index contributed by atoms with van der Waals surface area (Å²) in [6.45, 7) is 8.72. The van der Waals surface area contributed by atoms with Gasteiger partial charge in [-0.05, 0) is 97.3 Å². The minimum Gasteiger partial charge on any atom is -0.494 e. The fraction of sp³-hybridized carbons (Fsp3) is 0.333. The maximum Gasteiger partial charge on any atom is 0.329 e. The number of carbonyl (C=O) groups excluding carboxylic acids is 4. The van der Waals surface area contributed by atoms with Crippen LogP contribution >= 0.6 is 11.6 Å². The monoisotopic (exact) mass is 1090 g/mol. The van der Waals surface area contributed by atoms with E-state index in [0.29, 0.717) is 76.8 Å². The first-order valence-electron chi connectivity index (χ1n) is 25.2. The van der Waals surface area contributed by atoms with E-state index in [4.69, 9.17) is 49.5 Å². The van der Waals surface area contributed by atoms with Crippen LogP contribution in [-0.4, -0.2) is 103 Å². The van der Waals surface area contributed by atoms with Crippen LogP contribution in [-0.2, 0) is 25.7 Å². The molecule has 2 amide bonds. The number of ether oxygens (including phenoxy) is 8. The lowest BCUT2D eigenvalue weighted by molar-refractivity contribution is -0.385. The molecule has 78 heavy (non-hydrogen) atoms. The molecule has 0 saturated heterocycles. The topological polar surface area (TPSA) is 235 Å². The zero-order valence-corrected chi connectivity index (χ0v) is 45.1. The molecule has 2 atom stereocenters. The van der Waals surface area contributed by atoms with Gasteiger partial charge in [0, 0.05) is 42.4 Å². The van der Waals surface area contributed by atoms with Crippen LogP contribution in [0.3, 0.4) is 0 Å². The largest absolute Gasteiger partial charge is 0.494 e. The Labute approximate surface area is 456 Å². The van der Waals surface area contributed by atoms with E-state index in [2.05, 4.69) is 0 Å². The third-order valence-corrected chi connectivity index (χ3v) is 12.6. The third kappa shape index (κ3) is 14.2. The highest BCUT2D eigenvalue weighted by atomic mass is 35.5. The van der Waals surface area contributed by atoms with Crippen molar-refractivity contribution in [1.82, 2.24) is 9.80 Å². The number of rotatable bonds is 24. The van der Waals surface area contributed by atoms with E-state index in [-0.39, 0.29) is 66.8 Å². The summed E-state index contributed by atoms with van der Waals surface area (Å²) < 4.78 is 44.8. The lowest BCUT2D eigenvalue weighted by Gasteiger charge is -2.22. The molecule has 7 rings (SSSR count). The molecule has 20 nitrogen and oxygen atoms in total. The van der Waals surface area contributed by atoms with Crippen LogP contribution in [0.25, 0.3) is 11.1 Å². The van der Waals surface area contributed by atoms with Gasteiger partial charge in [0.1, 0.15) is 41.3 Å². The fourth-order valence-electron chi connectivity index (χ4n) is 8.56. The van der Waals surface area contributed by atoms with E-state index < -0.39 is 57.1 Å². The minimum absolute atomic E-state index is 0.00213. The highest BCUT2D eigenvalue weighted by molar-refractivity contribution is 6.30. The molecule has 0 N–H and O–H groups in total. The van der Waals surface area contributed by atoms with Gasteiger partial charge in [-0.25, -0.2) is 9.59 Å². The van der Waals surface area contributed by atoms with Gasteiger partial charge < -0.3 is 37.9 Å².